The number of halogens is 19. The second-order valence-corrected chi connectivity index (χ2v) is 38.5. The van der Waals surface area contributed by atoms with Crippen molar-refractivity contribution in [3.05, 3.63) is 420 Å². The molecule has 21 heteroatoms. The molecule has 0 saturated carbocycles. The molecule has 0 aliphatic carbocycles. The van der Waals surface area contributed by atoms with Crippen LogP contribution in [0.4, 0.5) is 84.7 Å². The van der Waals surface area contributed by atoms with E-state index in [1.165, 1.54) is 146 Å². The molecule has 0 amide bonds. The Balaban J connectivity index is 0. The predicted octanol–water partition coefficient (Wildman–Crippen LogP) is 41.8. The van der Waals surface area contributed by atoms with Crippen molar-refractivity contribution in [2.45, 2.75) is 327 Å². The molecule has 12 aromatic rings. The summed E-state index contributed by atoms with van der Waals surface area (Å²) in [5.74, 6) is -3.90. The maximum atomic E-state index is 13.3. The number of alkyl halides is 3. The van der Waals surface area contributed by atoms with Gasteiger partial charge in [0.2, 0.25) is 5.69 Å². The maximum absolute atomic E-state index is 13.3. The first-order valence-corrected chi connectivity index (χ1v) is 47.4. The molecule has 780 valence electrons. The molecule has 0 unspecified atom stereocenters. The van der Waals surface area contributed by atoms with E-state index in [1.807, 2.05) is 132 Å². The first-order chi connectivity index (χ1) is 64.8. The normalized spacial score (nSPS) is 10.6. The lowest BCUT2D eigenvalue weighted by Crippen LogP contribution is -2.13. The number of pyridine rings is 1. The highest BCUT2D eigenvalue weighted by Gasteiger charge is 2.39. The Labute approximate surface area is 843 Å². The third kappa shape index (κ3) is 44.1. The van der Waals surface area contributed by atoms with Crippen LogP contribution in [0.5, 0.6) is 0 Å². The topological polar surface area (TPSA) is 17.2 Å². The molecule has 0 atom stereocenters. The summed E-state index contributed by atoms with van der Waals surface area (Å²) in [6.45, 7) is 71.8. The number of nitrogens with zero attached hydrogens (tertiary/aromatic N) is 2. The van der Waals surface area contributed by atoms with E-state index in [4.69, 9.17) is 18.2 Å². The van der Waals surface area contributed by atoms with Crippen LogP contribution >= 0.6 is 11.6 Å². The molecule has 0 saturated heterocycles. The molecular formula is C121H153ClF18N2. The molecule has 0 radical (unpaired) electrons. The largest absolute Gasteiger partial charge is 0.422 e. The Morgan fingerprint density at radius 1 is 0.254 bits per heavy atom. The van der Waals surface area contributed by atoms with Gasteiger partial charge < -0.3 is 0 Å². The van der Waals surface area contributed by atoms with Crippen LogP contribution in [0.25, 0.3) is 4.85 Å². The second kappa shape index (κ2) is 64.0. The number of rotatable bonds is 12. The quantitative estimate of drug-likeness (QED) is 0.0880. The van der Waals surface area contributed by atoms with Gasteiger partial charge in [-0.05, 0) is 302 Å². The van der Waals surface area contributed by atoms with Crippen molar-refractivity contribution in [3.63, 3.8) is 0 Å². The lowest BCUT2D eigenvalue weighted by Gasteiger charge is -2.14. The predicted molar refractivity (Wildman–Crippen MR) is 561 cm³/mol. The summed E-state index contributed by atoms with van der Waals surface area (Å²) in [5, 5.41) is 0.205. The third-order valence-electron chi connectivity index (χ3n) is 22.5. The fourth-order valence-corrected chi connectivity index (χ4v) is 13.3. The Kier molecular flexibility index (Phi) is 60.0. The molecule has 1 heterocycles. The highest BCUT2D eigenvalue weighted by molar-refractivity contribution is 6.30. The molecule has 2 nitrogen and oxygen atoms in total. The molecular weight excluding hydrogens is 1860 g/mol. The van der Waals surface area contributed by atoms with Gasteiger partial charge in [0.05, 0.1) is 17.3 Å². The van der Waals surface area contributed by atoms with Crippen LogP contribution in [-0.4, -0.2) is 4.98 Å². The number of benzene rings is 11. The molecule has 0 fully saturated rings. The molecule has 0 N–H and O–H groups in total. The van der Waals surface area contributed by atoms with Gasteiger partial charge in [-0.1, -0.05) is 313 Å². The van der Waals surface area contributed by atoms with Gasteiger partial charge in [-0.25, -0.2) is 70.7 Å². The van der Waals surface area contributed by atoms with Gasteiger partial charge in [-0.3, -0.25) is 4.98 Å². The minimum atomic E-state index is -5.00. The van der Waals surface area contributed by atoms with E-state index in [1.54, 1.807) is 71.1 Å². The van der Waals surface area contributed by atoms with Gasteiger partial charge >= 0.3 is 6.18 Å². The van der Waals surface area contributed by atoms with Crippen molar-refractivity contribution in [2.75, 3.05) is 0 Å². The fraction of sp³-hybridized carbons (Fsp3) is 0.405. The SMILES string of the molecule is C.C.CC(C)c1ccc(F)c(C(F)(F)F)c1F.CC(C)c1ccc(F)c(Cl)c1.Cc1c(F)ccc(C(C)C)c1F.Cc1c(F)ccc(C(C)C)c1F.Cc1c(F)ccc(C(C)C)c1F.Cc1cc(C(C)C)ccc1F.Cc1cc(C(C)C)ccc1F.Cc1cc(C(C)C)ccc1F.Cc1cc(C(C)C)ccc1F.Cc1ccc(C)c(C(C)C)c1.Cc1nccc(C(C)C)c1F.[C-]#[N+]c1cccc(C(C)C)c1F. The number of aromatic nitrogens is 1. The van der Waals surface area contributed by atoms with Crippen LogP contribution in [-0.2, 0) is 6.18 Å². The van der Waals surface area contributed by atoms with Gasteiger partial charge in [0.15, 0.2) is 0 Å². The molecule has 0 aliphatic rings. The smallest absolute Gasteiger partial charge is 0.259 e. The van der Waals surface area contributed by atoms with Crippen LogP contribution in [0.2, 0.25) is 5.02 Å². The highest BCUT2D eigenvalue weighted by Crippen LogP contribution is 2.37. The molecule has 0 bridgehead atoms. The first-order valence-electron chi connectivity index (χ1n) is 47.0. The van der Waals surface area contributed by atoms with E-state index in [0.29, 0.717) is 69.5 Å². The van der Waals surface area contributed by atoms with Gasteiger partial charge in [0.25, 0.3) is 0 Å². The van der Waals surface area contributed by atoms with E-state index in [-0.39, 0.29) is 118 Å². The summed E-state index contributed by atoms with van der Waals surface area (Å²) in [6.07, 6.45) is -3.35. The summed E-state index contributed by atoms with van der Waals surface area (Å²) in [6, 6.07) is 49.3. The van der Waals surface area contributed by atoms with Crippen molar-refractivity contribution in [3.8, 4) is 0 Å². The monoisotopic (exact) mass is 2010 g/mol. The standard InChI is InChI=1S/C11H16.C10H9F5.3C10H12F2.C10H10FN.4C10H13F.C9H10ClF.C9H12FN.2CH4/c1-8(2)11-7-9(3)5-6-10(11)4;1-5(2)6-3-4-7(11)8(9(6)12)10(13,14)15;3*1-6(2)8-4-5-9(11)7(3)10(8)12;1-7(2)8-5-4-6-9(12-3)10(8)11;4*1-7(2)9-4-5-10(11)8(3)6-9;1-6(2)7-3-4-9(11)8(10)5-7;1-6(2)8-4-5-11-7(3)9(8)10;;/h5-8H,1-4H3;3-5H,1-2H3;3*4-6H,1-3H3;4-7H,1-2H3;4*4-7H,1-3H3;3-6H,1-2H3;4-6H,1-3H3;2*1H4. The maximum Gasteiger partial charge on any atom is 0.422 e. The van der Waals surface area contributed by atoms with Crippen LogP contribution in [0.15, 0.2) is 188 Å². The van der Waals surface area contributed by atoms with Crippen LogP contribution in [0, 0.1) is 163 Å². The van der Waals surface area contributed by atoms with Gasteiger partial charge in [-0.15, -0.1) is 0 Å². The highest BCUT2D eigenvalue weighted by atomic mass is 35.5. The van der Waals surface area contributed by atoms with Gasteiger partial charge in [-0.2, -0.15) is 13.2 Å². The van der Waals surface area contributed by atoms with Gasteiger partial charge in [0.1, 0.15) is 92.8 Å². The average molecular weight is 2010 g/mol. The molecule has 11 aromatic carbocycles. The second-order valence-electron chi connectivity index (χ2n) is 38.1. The third-order valence-corrected chi connectivity index (χ3v) is 22.8. The van der Waals surface area contributed by atoms with Crippen LogP contribution < -0.4 is 0 Å². The van der Waals surface area contributed by atoms with Crippen molar-refractivity contribution >= 4 is 17.3 Å². The summed E-state index contributed by atoms with van der Waals surface area (Å²) in [5.41, 5.74) is 15.1. The molecule has 1 aromatic heterocycles. The van der Waals surface area contributed by atoms with Crippen molar-refractivity contribution in [1.29, 1.82) is 0 Å². The molecule has 142 heavy (non-hydrogen) atoms. The van der Waals surface area contributed by atoms with E-state index < -0.39 is 64.2 Å². The molecule has 12 rings (SSSR count). The Bertz CT molecular complexity index is 5420. The van der Waals surface area contributed by atoms with E-state index >= 15 is 0 Å². The summed E-state index contributed by atoms with van der Waals surface area (Å²) in [7, 11) is 0. The van der Waals surface area contributed by atoms with Crippen molar-refractivity contribution in [2.24, 2.45) is 0 Å². The minimum Gasteiger partial charge on any atom is -0.259 e. The zero-order valence-electron chi connectivity index (χ0n) is 87.9. The zero-order valence-corrected chi connectivity index (χ0v) is 88.7. The lowest BCUT2D eigenvalue weighted by molar-refractivity contribution is -0.142. The first kappa shape index (κ1) is 133. The Morgan fingerprint density at radius 3 is 0.768 bits per heavy atom. The zero-order chi connectivity index (χ0) is 108. The number of hydrogen-bond donors (Lipinski definition) is 0. The van der Waals surface area contributed by atoms with Crippen molar-refractivity contribution < 1.29 is 79.0 Å². The van der Waals surface area contributed by atoms with Gasteiger partial charge in [0, 0.05) is 22.9 Å². The number of hydrogen-bond acceptors (Lipinski definition) is 1. The minimum absolute atomic E-state index is 0. The fourth-order valence-electron chi connectivity index (χ4n) is 13.1. The summed E-state index contributed by atoms with van der Waals surface area (Å²) >= 11 is 5.58. The van der Waals surface area contributed by atoms with Crippen LogP contribution in [0.3, 0.4) is 0 Å². The van der Waals surface area contributed by atoms with E-state index in [9.17, 15) is 79.0 Å². The van der Waals surface area contributed by atoms with E-state index in [2.05, 4.69) is 111 Å². The van der Waals surface area contributed by atoms with E-state index in [0.717, 1.165) is 39.4 Å². The Morgan fingerprint density at radius 2 is 0.514 bits per heavy atom. The average Bonchev–Trinajstić information content (AvgIpc) is 0.790. The summed E-state index contributed by atoms with van der Waals surface area (Å²) in [4.78, 5) is 6.93. The van der Waals surface area contributed by atoms with Crippen molar-refractivity contribution in [1.82, 2.24) is 4.98 Å². The van der Waals surface area contributed by atoms with Crippen LogP contribution in [0.1, 0.15) is 380 Å². The summed E-state index contributed by atoms with van der Waals surface area (Å²) < 4.78 is 231. The molecule has 0 aliphatic heterocycles. The number of aryl methyl sites for hydroxylation is 7. The molecule has 0 spiro atoms. The Hall–Kier alpha value is -10.9. The lowest BCUT2D eigenvalue weighted by atomic mass is 9.96.